The Balaban J connectivity index is 1.41. The van der Waals surface area contributed by atoms with Crippen LogP contribution in [0.2, 0.25) is 0 Å². The Kier molecular flexibility index (Phi) is 8.67. The molecule has 0 spiro atoms. The summed E-state index contributed by atoms with van der Waals surface area (Å²) in [5, 5.41) is 3.02. The maximum absolute atomic E-state index is 12.5. The van der Waals surface area contributed by atoms with Gasteiger partial charge in [-0.1, -0.05) is 28.1 Å². The molecular formula is C24H27BrN2O5. The van der Waals surface area contributed by atoms with Gasteiger partial charge in [0.15, 0.2) is 0 Å². The van der Waals surface area contributed by atoms with Gasteiger partial charge in [-0.15, -0.1) is 0 Å². The van der Waals surface area contributed by atoms with Crippen molar-refractivity contribution < 1.29 is 23.9 Å². The molecule has 2 aromatic carbocycles. The highest BCUT2D eigenvalue weighted by atomic mass is 79.9. The van der Waals surface area contributed by atoms with Crippen LogP contribution in [0.4, 0.5) is 4.79 Å². The zero-order valence-corrected chi connectivity index (χ0v) is 19.6. The second-order valence-electron chi connectivity index (χ2n) is 7.56. The van der Waals surface area contributed by atoms with Crippen molar-refractivity contribution in [3.63, 3.8) is 0 Å². The fourth-order valence-electron chi connectivity index (χ4n) is 3.52. The van der Waals surface area contributed by atoms with Crippen LogP contribution >= 0.6 is 15.9 Å². The van der Waals surface area contributed by atoms with Crippen molar-refractivity contribution in [2.24, 2.45) is 0 Å². The maximum atomic E-state index is 12.5. The molecule has 1 heterocycles. The molecule has 1 aliphatic rings. The second-order valence-corrected chi connectivity index (χ2v) is 8.48. The number of likely N-dealkylation sites (tertiary alicyclic amines) is 1. The van der Waals surface area contributed by atoms with E-state index >= 15 is 0 Å². The highest BCUT2D eigenvalue weighted by Crippen LogP contribution is 2.17. The zero-order valence-electron chi connectivity index (χ0n) is 18.0. The molecule has 8 heteroatoms. The quantitative estimate of drug-likeness (QED) is 0.449. The molecule has 1 aliphatic heterocycles. The first-order valence-corrected chi connectivity index (χ1v) is 11.5. The van der Waals surface area contributed by atoms with E-state index < -0.39 is 6.16 Å². The lowest BCUT2D eigenvalue weighted by Gasteiger charge is -2.32. The van der Waals surface area contributed by atoms with Gasteiger partial charge in [0.1, 0.15) is 5.75 Å². The number of amides is 2. The lowest BCUT2D eigenvalue weighted by molar-refractivity contribution is -0.132. The van der Waals surface area contributed by atoms with E-state index in [9.17, 15) is 14.4 Å². The fraction of sp³-hybridized carbons (Fsp3) is 0.375. The fourth-order valence-corrected chi connectivity index (χ4v) is 3.78. The van der Waals surface area contributed by atoms with Gasteiger partial charge in [0.2, 0.25) is 5.91 Å². The molecule has 2 amide bonds. The van der Waals surface area contributed by atoms with Crippen LogP contribution in [-0.2, 0) is 16.0 Å². The summed E-state index contributed by atoms with van der Waals surface area (Å²) in [6.07, 6.45) is 1.87. The van der Waals surface area contributed by atoms with E-state index in [1.54, 1.807) is 31.2 Å². The molecule has 0 aromatic heterocycles. The Morgan fingerprint density at radius 3 is 2.31 bits per heavy atom. The first-order valence-electron chi connectivity index (χ1n) is 10.7. The van der Waals surface area contributed by atoms with Crippen molar-refractivity contribution in [2.75, 3.05) is 19.7 Å². The minimum atomic E-state index is -0.775. The Morgan fingerprint density at radius 1 is 1.03 bits per heavy atom. The minimum absolute atomic E-state index is 0.0217. The van der Waals surface area contributed by atoms with Gasteiger partial charge in [-0.05, 0) is 68.1 Å². The van der Waals surface area contributed by atoms with Gasteiger partial charge in [0.05, 0.1) is 6.61 Å². The van der Waals surface area contributed by atoms with E-state index in [0.29, 0.717) is 30.8 Å². The van der Waals surface area contributed by atoms with Crippen LogP contribution in [0.25, 0.3) is 0 Å². The summed E-state index contributed by atoms with van der Waals surface area (Å²) in [5.74, 6) is 0.276. The van der Waals surface area contributed by atoms with Gasteiger partial charge in [-0.25, -0.2) is 4.79 Å². The number of ether oxygens (including phenoxy) is 2. The largest absolute Gasteiger partial charge is 0.513 e. The number of nitrogens with zero attached hydrogens (tertiary/aromatic N) is 1. The van der Waals surface area contributed by atoms with E-state index in [4.69, 9.17) is 9.47 Å². The smallest absolute Gasteiger partial charge is 0.434 e. The van der Waals surface area contributed by atoms with Gasteiger partial charge < -0.3 is 19.7 Å². The Labute approximate surface area is 196 Å². The standard InChI is InChI=1S/C24H27BrN2O5/c1-2-31-24(30)32-21-10-6-18(7-11-21)23(29)26-20-13-15-27(16-14-20)22(28)12-5-17-3-8-19(25)9-4-17/h3-4,6-11,20H,2,5,12-16H2,1H3,(H,26,29). The van der Waals surface area contributed by atoms with Crippen LogP contribution in [-0.4, -0.2) is 48.6 Å². The molecule has 0 bridgehead atoms. The second kappa shape index (κ2) is 11.7. The number of benzene rings is 2. The summed E-state index contributed by atoms with van der Waals surface area (Å²) in [6.45, 7) is 3.20. The number of rotatable bonds is 7. The van der Waals surface area contributed by atoms with Gasteiger partial charge in [0, 0.05) is 35.6 Å². The number of hydrogen-bond donors (Lipinski definition) is 1. The van der Waals surface area contributed by atoms with Crippen molar-refractivity contribution >= 4 is 33.9 Å². The first-order chi connectivity index (χ1) is 15.4. The topological polar surface area (TPSA) is 84.9 Å². The Hall–Kier alpha value is -2.87. The highest BCUT2D eigenvalue weighted by Gasteiger charge is 2.24. The van der Waals surface area contributed by atoms with Crippen LogP contribution in [0.15, 0.2) is 53.0 Å². The molecule has 1 N–H and O–H groups in total. The summed E-state index contributed by atoms with van der Waals surface area (Å²) in [4.78, 5) is 38.3. The van der Waals surface area contributed by atoms with Crippen molar-refractivity contribution in [1.29, 1.82) is 0 Å². The van der Waals surface area contributed by atoms with Crippen LogP contribution in [0.3, 0.4) is 0 Å². The predicted octanol–water partition coefficient (Wildman–Crippen LogP) is 4.34. The van der Waals surface area contributed by atoms with E-state index in [1.165, 1.54) is 0 Å². The molecule has 0 saturated carbocycles. The average Bonchev–Trinajstić information content (AvgIpc) is 2.79. The number of carbonyl (C=O) groups is 3. The maximum Gasteiger partial charge on any atom is 0.513 e. The molecule has 1 saturated heterocycles. The number of hydrogen-bond acceptors (Lipinski definition) is 5. The molecule has 0 unspecified atom stereocenters. The SMILES string of the molecule is CCOC(=O)Oc1ccc(C(=O)NC2CCN(C(=O)CCc3ccc(Br)cc3)CC2)cc1. The van der Waals surface area contributed by atoms with Crippen molar-refractivity contribution in [3.8, 4) is 5.75 Å². The predicted molar refractivity (Wildman–Crippen MR) is 124 cm³/mol. The summed E-state index contributed by atoms with van der Waals surface area (Å²) in [5.41, 5.74) is 1.62. The van der Waals surface area contributed by atoms with Crippen molar-refractivity contribution in [3.05, 3.63) is 64.1 Å². The van der Waals surface area contributed by atoms with Gasteiger partial charge in [0.25, 0.3) is 5.91 Å². The molecule has 1 fully saturated rings. The molecular weight excluding hydrogens is 476 g/mol. The molecule has 7 nitrogen and oxygen atoms in total. The monoisotopic (exact) mass is 502 g/mol. The van der Waals surface area contributed by atoms with E-state index in [0.717, 1.165) is 29.3 Å². The summed E-state index contributed by atoms with van der Waals surface area (Å²) < 4.78 is 10.7. The van der Waals surface area contributed by atoms with Gasteiger partial charge >= 0.3 is 6.16 Å². The third kappa shape index (κ3) is 7.09. The summed E-state index contributed by atoms with van der Waals surface area (Å²) in [7, 11) is 0. The van der Waals surface area contributed by atoms with Gasteiger partial charge in [-0.3, -0.25) is 9.59 Å². The molecule has 2 aromatic rings. The van der Waals surface area contributed by atoms with Crippen molar-refractivity contribution in [1.82, 2.24) is 10.2 Å². The molecule has 0 aliphatic carbocycles. The number of piperidine rings is 1. The molecule has 170 valence electrons. The van der Waals surface area contributed by atoms with Crippen LogP contribution in [0.1, 0.15) is 42.1 Å². The molecule has 0 atom stereocenters. The third-order valence-corrected chi connectivity index (χ3v) is 5.83. The van der Waals surface area contributed by atoms with E-state index in [-0.39, 0.29) is 24.5 Å². The Bertz CT molecular complexity index is 922. The van der Waals surface area contributed by atoms with E-state index in [2.05, 4.69) is 21.2 Å². The van der Waals surface area contributed by atoms with E-state index in [1.807, 2.05) is 29.2 Å². The van der Waals surface area contributed by atoms with Crippen molar-refractivity contribution in [2.45, 2.75) is 38.6 Å². The molecule has 0 radical (unpaired) electrons. The van der Waals surface area contributed by atoms with Crippen LogP contribution < -0.4 is 10.1 Å². The lowest BCUT2D eigenvalue weighted by Crippen LogP contribution is -2.46. The summed E-state index contributed by atoms with van der Waals surface area (Å²) >= 11 is 3.41. The highest BCUT2D eigenvalue weighted by molar-refractivity contribution is 9.10. The number of aryl methyl sites for hydroxylation is 1. The lowest BCUT2D eigenvalue weighted by atomic mass is 10.0. The average molecular weight is 503 g/mol. The third-order valence-electron chi connectivity index (χ3n) is 5.30. The normalized spacial score (nSPS) is 14.0. The Morgan fingerprint density at radius 2 is 1.69 bits per heavy atom. The molecule has 3 rings (SSSR count). The van der Waals surface area contributed by atoms with Gasteiger partial charge in [-0.2, -0.15) is 0 Å². The number of nitrogens with one attached hydrogen (secondary N) is 1. The summed E-state index contributed by atoms with van der Waals surface area (Å²) in [6, 6.07) is 14.3. The number of halogens is 1. The zero-order chi connectivity index (χ0) is 22.9. The van der Waals surface area contributed by atoms with Crippen LogP contribution in [0.5, 0.6) is 5.75 Å². The minimum Gasteiger partial charge on any atom is -0.434 e. The first kappa shape index (κ1) is 23.8. The van der Waals surface area contributed by atoms with Crippen LogP contribution in [0, 0.1) is 0 Å². The number of carbonyl (C=O) groups excluding carboxylic acids is 3. The molecule has 32 heavy (non-hydrogen) atoms.